The lowest BCUT2D eigenvalue weighted by Crippen LogP contribution is -2.23. The second-order valence-corrected chi connectivity index (χ2v) is 2.01. The van der Waals surface area contributed by atoms with E-state index in [-0.39, 0.29) is 12.0 Å². The number of esters is 1. The fraction of sp³-hybridized carbons (Fsp3) is 0.833. The molecule has 0 aromatic rings. The van der Waals surface area contributed by atoms with E-state index in [2.05, 4.69) is 4.74 Å². The lowest BCUT2D eigenvalue weighted by molar-refractivity contribution is -0.143. The Morgan fingerprint density at radius 2 is 2.33 bits per heavy atom. The van der Waals surface area contributed by atoms with Gasteiger partial charge < -0.3 is 10.5 Å². The SMILES string of the molecule is CCC(=O)OCC(C)N. The van der Waals surface area contributed by atoms with E-state index < -0.39 is 0 Å². The molecule has 0 saturated heterocycles. The molecule has 0 aromatic carbocycles. The maximum Gasteiger partial charge on any atom is 0.305 e. The van der Waals surface area contributed by atoms with Gasteiger partial charge in [0.25, 0.3) is 0 Å². The first-order valence-electron chi connectivity index (χ1n) is 3.08. The van der Waals surface area contributed by atoms with Crippen LogP contribution >= 0.6 is 0 Å². The van der Waals surface area contributed by atoms with Crippen molar-refractivity contribution in [1.82, 2.24) is 0 Å². The number of rotatable bonds is 3. The van der Waals surface area contributed by atoms with Crippen molar-refractivity contribution in [3.63, 3.8) is 0 Å². The van der Waals surface area contributed by atoms with Gasteiger partial charge in [-0.3, -0.25) is 4.79 Å². The molecule has 0 amide bonds. The fourth-order valence-electron chi connectivity index (χ4n) is 0.326. The topological polar surface area (TPSA) is 52.3 Å². The van der Waals surface area contributed by atoms with E-state index in [1.807, 2.05) is 0 Å². The van der Waals surface area contributed by atoms with Gasteiger partial charge in [-0.25, -0.2) is 0 Å². The van der Waals surface area contributed by atoms with E-state index in [0.29, 0.717) is 13.0 Å². The molecule has 0 aliphatic rings. The zero-order chi connectivity index (χ0) is 7.28. The average molecular weight is 131 g/mol. The number of hydrogen-bond acceptors (Lipinski definition) is 3. The molecule has 1 atom stereocenters. The molecule has 0 spiro atoms. The third kappa shape index (κ3) is 5.30. The Morgan fingerprint density at radius 1 is 1.78 bits per heavy atom. The summed E-state index contributed by atoms with van der Waals surface area (Å²) in [4.78, 5) is 10.4. The first-order valence-corrected chi connectivity index (χ1v) is 3.08. The van der Waals surface area contributed by atoms with E-state index in [9.17, 15) is 4.79 Å². The average Bonchev–Trinajstić information content (AvgIpc) is 1.83. The predicted molar refractivity (Wildman–Crippen MR) is 34.9 cm³/mol. The normalized spacial score (nSPS) is 12.8. The first kappa shape index (κ1) is 8.43. The largest absolute Gasteiger partial charge is 0.464 e. The maximum absolute atomic E-state index is 10.4. The van der Waals surface area contributed by atoms with E-state index in [0.717, 1.165) is 0 Å². The predicted octanol–water partition coefficient (Wildman–Crippen LogP) is 0.287. The highest BCUT2D eigenvalue weighted by atomic mass is 16.5. The van der Waals surface area contributed by atoms with Crippen molar-refractivity contribution >= 4 is 5.97 Å². The van der Waals surface area contributed by atoms with Crippen molar-refractivity contribution in [1.29, 1.82) is 0 Å². The van der Waals surface area contributed by atoms with Crippen molar-refractivity contribution in [3.8, 4) is 0 Å². The summed E-state index contributed by atoms with van der Waals surface area (Å²) in [7, 11) is 0. The van der Waals surface area contributed by atoms with Crippen LogP contribution in [0, 0.1) is 0 Å². The molecule has 9 heavy (non-hydrogen) atoms. The van der Waals surface area contributed by atoms with Crippen molar-refractivity contribution in [2.24, 2.45) is 5.73 Å². The summed E-state index contributed by atoms with van der Waals surface area (Å²) in [6.45, 7) is 3.87. The number of nitrogens with two attached hydrogens (primary N) is 1. The highest BCUT2D eigenvalue weighted by Crippen LogP contribution is 1.85. The van der Waals surface area contributed by atoms with Crippen LogP contribution < -0.4 is 5.73 Å². The van der Waals surface area contributed by atoms with E-state index >= 15 is 0 Å². The Labute approximate surface area is 55.2 Å². The Bertz CT molecular complexity index is 91.1. The van der Waals surface area contributed by atoms with E-state index in [1.165, 1.54) is 0 Å². The summed E-state index contributed by atoms with van der Waals surface area (Å²) in [5.41, 5.74) is 5.32. The molecule has 3 heteroatoms. The van der Waals surface area contributed by atoms with Crippen LogP contribution in [0.3, 0.4) is 0 Å². The van der Waals surface area contributed by atoms with E-state index in [4.69, 9.17) is 5.73 Å². The van der Waals surface area contributed by atoms with Crippen LogP contribution in [0.25, 0.3) is 0 Å². The van der Waals surface area contributed by atoms with E-state index in [1.54, 1.807) is 13.8 Å². The molecule has 1 unspecified atom stereocenters. The summed E-state index contributed by atoms with van der Waals surface area (Å²) in [5, 5.41) is 0. The zero-order valence-electron chi connectivity index (χ0n) is 5.89. The van der Waals surface area contributed by atoms with Gasteiger partial charge >= 0.3 is 5.97 Å². The van der Waals surface area contributed by atoms with Gasteiger partial charge in [0, 0.05) is 12.5 Å². The molecule has 0 aromatic heterocycles. The zero-order valence-corrected chi connectivity index (χ0v) is 5.89. The van der Waals surface area contributed by atoms with Gasteiger partial charge in [0.2, 0.25) is 0 Å². The van der Waals surface area contributed by atoms with Gasteiger partial charge in [-0.1, -0.05) is 6.92 Å². The lowest BCUT2D eigenvalue weighted by atomic mass is 10.4. The van der Waals surface area contributed by atoms with Gasteiger partial charge in [0.15, 0.2) is 0 Å². The number of carbonyl (C=O) groups is 1. The molecule has 0 fully saturated rings. The molecule has 0 aliphatic heterocycles. The Balaban J connectivity index is 3.17. The molecule has 0 aliphatic carbocycles. The molecule has 2 N–H and O–H groups in total. The maximum atomic E-state index is 10.4. The summed E-state index contributed by atoms with van der Waals surface area (Å²) in [6, 6.07) is -0.0551. The van der Waals surface area contributed by atoms with Crippen LogP contribution in [0.1, 0.15) is 20.3 Å². The van der Waals surface area contributed by atoms with Crippen molar-refractivity contribution in [2.75, 3.05) is 6.61 Å². The number of carbonyl (C=O) groups excluding carboxylic acids is 1. The van der Waals surface area contributed by atoms with Crippen LogP contribution in [-0.4, -0.2) is 18.6 Å². The molecule has 3 nitrogen and oxygen atoms in total. The first-order chi connectivity index (χ1) is 4.16. The third-order valence-corrected chi connectivity index (χ3v) is 0.796. The highest BCUT2D eigenvalue weighted by molar-refractivity contribution is 5.68. The number of hydrogen-bond donors (Lipinski definition) is 1. The molecule has 0 radical (unpaired) electrons. The van der Waals surface area contributed by atoms with Crippen LogP contribution in [0.15, 0.2) is 0 Å². The summed E-state index contributed by atoms with van der Waals surface area (Å²) >= 11 is 0. The Kier molecular flexibility index (Phi) is 4.05. The minimum absolute atomic E-state index is 0.0551. The quantitative estimate of drug-likeness (QED) is 0.560. The molecular formula is C6H13NO2. The minimum atomic E-state index is -0.188. The summed E-state index contributed by atoms with van der Waals surface area (Å²) in [6.07, 6.45) is 0.423. The van der Waals surface area contributed by atoms with Crippen molar-refractivity contribution < 1.29 is 9.53 Å². The van der Waals surface area contributed by atoms with Gasteiger partial charge in [0.05, 0.1) is 0 Å². The molecular weight excluding hydrogens is 118 g/mol. The molecule has 0 rings (SSSR count). The van der Waals surface area contributed by atoms with Gasteiger partial charge in [-0.15, -0.1) is 0 Å². The van der Waals surface area contributed by atoms with Gasteiger partial charge in [-0.05, 0) is 6.92 Å². The minimum Gasteiger partial charge on any atom is -0.464 e. The van der Waals surface area contributed by atoms with Crippen LogP contribution in [0.2, 0.25) is 0 Å². The molecule has 0 saturated carbocycles. The molecule has 0 heterocycles. The number of ether oxygens (including phenoxy) is 1. The van der Waals surface area contributed by atoms with Crippen molar-refractivity contribution in [3.05, 3.63) is 0 Å². The van der Waals surface area contributed by atoms with Crippen LogP contribution in [-0.2, 0) is 9.53 Å². The van der Waals surface area contributed by atoms with Crippen LogP contribution in [0.4, 0.5) is 0 Å². The fourth-order valence-corrected chi connectivity index (χ4v) is 0.326. The third-order valence-electron chi connectivity index (χ3n) is 0.796. The molecule has 54 valence electrons. The Hall–Kier alpha value is -0.570. The van der Waals surface area contributed by atoms with Gasteiger partial charge in [0.1, 0.15) is 6.61 Å². The summed E-state index contributed by atoms with van der Waals surface area (Å²) < 4.78 is 4.69. The monoisotopic (exact) mass is 131 g/mol. The van der Waals surface area contributed by atoms with Crippen molar-refractivity contribution in [2.45, 2.75) is 26.3 Å². The Morgan fingerprint density at radius 3 is 2.67 bits per heavy atom. The van der Waals surface area contributed by atoms with Gasteiger partial charge in [-0.2, -0.15) is 0 Å². The highest BCUT2D eigenvalue weighted by Gasteiger charge is 1.98. The summed E-state index contributed by atoms with van der Waals surface area (Å²) in [5.74, 6) is -0.188. The lowest BCUT2D eigenvalue weighted by Gasteiger charge is -2.04. The molecule has 0 bridgehead atoms. The van der Waals surface area contributed by atoms with Crippen LogP contribution in [0.5, 0.6) is 0 Å². The second-order valence-electron chi connectivity index (χ2n) is 2.01. The standard InChI is InChI=1S/C6H13NO2/c1-3-6(8)9-4-5(2)7/h5H,3-4,7H2,1-2H3. The second kappa shape index (κ2) is 4.32. The smallest absolute Gasteiger partial charge is 0.305 e.